The zero-order valence-corrected chi connectivity index (χ0v) is 17.5. The molecule has 7 heteroatoms. The summed E-state index contributed by atoms with van der Waals surface area (Å²) in [5.74, 6) is 0.455. The van der Waals surface area contributed by atoms with Gasteiger partial charge in [0.15, 0.2) is 0 Å². The average molecular weight is 397 g/mol. The largest absolute Gasteiger partial charge is 0.347 e. The van der Waals surface area contributed by atoms with Gasteiger partial charge in [0.25, 0.3) is 5.91 Å². The Morgan fingerprint density at radius 3 is 2.61 bits per heavy atom. The van der Waals surface area contributed by atoms with Crippen LogP contribution in [0.3, 0.4) is 0 Å². The molecule has 0 saturated carbocycles. The van der Waals surface area contributed by atoms with E-state index in [1.54, 1.807) is 0 Å². The number of nitrogens with zero attached hydrogens (tertiary/aromatic N) is 2. The van der Waals surface area contributed by atoms with E-state index in [9.17, 15) is 9.59 Å². The first kappa shape index (κ1) is 19.9. The van der Waals surface area contributed by atoms with E-state index in [1.165, 1.54) is 11.3 Å². The molecule has 146 valence electrons. The Morgan fingerprint density at radius 1 is 1.14 bits per heavy atom. The third-order valence-corrected chi connectivity index (χ3v) is 5.65. The van der Waals surface area contributed by atoms with Crippen LogP contribution >= 0.6 is 11.3 Å². The van der Waals surface area contributed by atoms with Gasteiger partial charge >= 0.3 is 0 Å². The monoisotopic (exact) mass is 396 g/mol. The molecule has 1 aromatic carbocycles. The van der Waals surface area contributed by atoms with Crippen molar-refractivity contribution >= 4 is 39.1 Å². The number of aromatic nitrogens is 2. The molecule has 0 spiro atoms. The zero-order valence-electron chi connectivity index (χ0n) is 16.7. The Labute approximate surface area is 168 Å². The fraction of sp³-hybridized carbons (Fsp3) is 0.333. The molecule has 0 aliphatic carbocycles. The standard InChI is InChI=1S/C21H24N4O2S/c1-11(2)19(26)25-16-8-6-7-15(9-16)10-22-20(27)18-12(3)17-13(4)23-14(5)24-21(17)28-18/h6-9,11H,10H2,1-5H3,(H,22,27)(H,25,26). The lowest BCUT2D eigenvalue weighted by Gasteiger charge is -2.10. The van der Waals surface area contributed by atoms with Gasteiger partial charge in [-0.2, -0.15) is 0 Å². The Balaban J connectivity index is 1.74. The molecule has 0 aliphatic heterocycles. The smallest absolute Gasteiger partial charge is 0.261 e. The van der Waals surface area contributed by atoms with E-state index < -0.39 is 0 Å². The minimum atomic E-state index is -0.130. The fourth-order valence-electron chi connectivity index (χ4n) is 3.00. The van der Waals surface area contributed by atoms with Crippen molar-refractivity contribution in [2.45, 2.75) is 41.2 Å². The molecule has 0 atom stereocenters. The van der Waals surface area contributed by atoms with Crippen molar-refractivity contribution in [3.05, 3.63) is 51.8 Å². The number of thiophene rings is 1. The van der Waals surface area contributed by atoms with E-state index in [2.05, 4.69) is 20.6 Å². The average Bonchev–Trinajstić information content (AvgIpc) is 2.96. The van der Waals surface area contributed by atoms with Gasteiger partial charge in [-0.15, -0.1) is 11.3 Å². The van der Waals surface area contributed by atoms with E-state index in [0.717, 1.165) is 32.7 Å². The van der Waals surface area contributed by atoms with Crippen LogP contribution in [-0.4, -0.2) is 21.8 Å². The summed E-state index contributed by atoms with van der Waals surface area (Å²) in [6.45, 7) is 9.80. The van der Waals surface area contributed by atoms with Crippen LogP contribution in [0.25, 0.3) is 10.2 Å². The molecular formula is C21H24N4O2S. The first-order valence-corrected chi connectivity index (χ1v) is 10.00. The van der Waals surface area contributed by atoms with Crippen LogP contribution in [0.5, 0.6) is 0 Å². The lowest BCUT2D eigenvalue weighted by atomic mass is 10.1. The molecule has 0 radical (unpaired) electrons. The van der Waals surface area contributed by atoms with Crippen molar-refractivity contribution in [3.63, 3.8) is 0 Å². The SMILES string of the molecule is Cc1nc(C)c2c(C)c(C(=O)NCc3cccc(NC(=O)C(C)C)c3)sc2n1. The number of fused-ring (bicyclic) bond motifs is 1. The molecule has 2 amide bonds. The Hall–Kier alpha value is -2.80. The molecule has 0 saturated heterocycles. The van der Waals surface area contributed by atoms with Gasteiger partial charge in [-0.25, -0.2) is 9.97 Å². The maximum atomic E-state index is 12.7. The molecule has 2 aromatic heterocycles. The summed E-state index contributed by atoms with van der Waals surface area (Å²) in [4.78, 5) is 35.0. The van der Waals surface area contributed by atoms with Gasteiger partial charge in [0.05, 0.1) is 4.88 Å². The van der Waals surface area contributed by atoms with Crippen LogP contribution in [0.4, 0.5) is 5.69 Å². The highest BCUT2D eigenvalue weighted by Gasteiger charge is 2.18. The number of carbonyl (C=O) groups is 2. The van der Waals surface area contributed by atoms with Crippen molar-refractivity contribution in [2.24, 2.45) is 5.92 Å². The van der Waals surface area contributed by atoms with E-state index in [-0.39, 0.29) is 17.7 Å². The van der Waals surface area contributed by atoms with Crippen molar-refractivity contribution in [1.29, 1.82) is 0 Å². The van der Waals surface area contributed by atoms with Gasteiger partial charge in [-0.1, -0.05) is 26.0 Å². The van der Waals surface area contributed by atoms with E-state index in [4.69, 9.17) is 0 Å². The number of amides is 2. The van der Waals surface area contributed by atoms with E-state index in [0.29, 0.717) is 17.2 Å². The third-order valence-electron chi connectivity index (χ3n) is 4.46. The van der Waals surface area contributed by atoms with Crippen LogP contribution < -0.4 is 10.6 Å². The van der Waals surface area contributed by atoms with Gasteiger partial charge in [0, 0.05) is 29.2 Å². The summed E-state index contributed by atoms with van der Waals surface area (Å²) in [6.07, 6.45) is 0. The van der Waals surface area contributed by atoms with Crippen molar-refractivity contribution in [2.75, 3.05) is 5.32 Å². The quantitative estimate of drug-likeness (QED) is 0.679. The molecule has 28 heavy (non-hydrogen) atoms. The molecule has 2 heterocycles. The van der Waals surface area contributed by atoms with Crippen molar-refractivity contribution in [3.8, 4) is 0 Å². The van der Waals surface area contributed by atoms with Crippen LogP contribution in [0, 0.1) is 26.7 Å². The molecule has 6 nitrogen and oxygen atoms in total. The van der Waals surface area contributed by atoms with Gasteiger partial charge in [0.2, 0.25) is 5.91 Å². The molecule has 0 aliphatic rings. The Kier molecular flexibility index (Phi) is 5.74. The van der Waals surface area contributed by atoms with Gasteiger partial charge in [-0.05, 0) is 44.0 Å². The maximum absolute atomic E-state index is 12.7. The number of aryl methyl sites for hydroxylation is 3. The maximum Gasteiger partial charge on any atom is 0.261 e. The third kappa shape index (κ3) is 4.20. The van der Waals surface area contributed by atoms with Crippen LogP contribution in [0.15, 0.2) is 24.3 Å². The molecule has 2 N–H and O–H groups in total. The minimum absolute atomic E-state index is 0.0335. The summed E-state index contributed by atoms with van der Waals surface area (Å²) in [6, 6.07) is 7.49. The highest BCUT2D eigenvalue weighted by Crippen LogP contribution is 2.31. The highest BCUT2D eigenvalue weighted by molar-refractivity contribution is 7.20. The number of benzene rings is 1. The second-order valence-corrected chi connectivity index (χ2v) is 8.12. The number of anilines is 1. The van der Waals surface area contributed by atoms with Gasteiger partial charge < -0.3 is 10.6 Å². The highest BCUT2D eigenvalue weighted by atomic mass is 32.1. The van der Waals surface area contributed by atoms with Crippen LogP contribution in [-0.2, 0) is 11.3 Å². The zero-order chi connectivity index (χ0) is 20.4. The van der Waals surface area contributed by atoms with E-state index >= 15 is 0 Å². The predicted octanol–water partition coefficient (Wildman–Crippen LogP) is 4.14. The summed E-state index contributed by atoms with van der Waals surface area (Å²) >= 11 is 1.39. The number of rotatable bonds is 5. The van der Waals surface area contributed by atoms with Gasteiger partial charge in [0.1, 0.15) is 10.7 Å². The Morgan fingerprint density at radius 2 is 1.89 bits per heavy atom. The number of hydrogen-bond donors (Lipinski definition) is 2. The summed E-state index contributed by atoms with van der Waals surface area (Å²) in [7, 11) is 0. The number of nitrogens with one attached hydrogen (secondary N) is 2. The fourth-order valence-corrected chi connectivity index (χ4v) is 4.19. The first-order chi connectivity index (χ1) is 13.3. The number of carbonyl (C=O) groups excluding carboxylic acids is 2. The topological polar surface area (TPSA) is 84.0 Å². The normalized spacial score (nSPS) is 11.1. The molecule has 0 fully saturated rings. The first-order valence-electron chi connectivity index (χ1n) is 9.18. The van der Waals surface area contributed by atoms with Crippen LogP contribution in [0.1, 0.15) is 46.2 Å². The van der Waals surface area contributed by atoms with Crippen molar-refractivity contribution in [1.82, 2.24) is 15.3 Å². The molecule has 0 bridgehead atoms. The molecule has 3 aromatic rings. The summed E-state index contributed by atoms with van der Waals surface area (Å²) in [5.41, 5.74) is 3.45. The molecular weight excluding hydrogens is 372 g/mol. The lowest BCUT2D eigenvalue weighted by molar-refractivity contribution is -0.118. The second-order valence-electron chi connectivity index (χ2n) is 7.12. The summed E-state index contributed by atoms with van der Waals surface area (Å²) < 4.78 is 0. The Bertz CT molecular complexity index is 1060. The molecule has 0 unspecified atom stereocenters. The number of hydrogen-bond acceptors (Lipinski definition) is 5. The predicted molar refractivity (Wildman–Crippen MR) is 113 cm³/mol. The van der Waals surface area contributed by atoms with Crippen LogP contribution in [0.2, 0.25) is 0 Å². The molecule has 3 rings (SSSR count). The lowest BCUT2D eigenvalue weighted by Crippen LogP contribution is -2.22. The van der Waals surface area contributed by atoms with Gasteiger partial charge in [-0.3, -0.25) is 9.59 Å². The van der Waals surface area contributed by atoms with Crippen molar-refractivity contribution < 1.29 is 9.59 Å². The minimum Gasteiger partial charge on any atom is -0.347 e. The summed E-state index contributed by atoms with van der Waals surface area (Å²) in [5, 5.41) is 6.80. The van der Waals surface area contributed by atoms with E-state index in [1.807, 2.05) is 58.9 Å². The second kappa shape index (κ2) is 8.06.